The minimum Gasteiger partial charge on any atom is -0.493 e. The van der Waals surface area contributed by atoms with Crippen LogP contribution in [0, 0.1) is 17.1 Å². The summed E-state index contributed by atoms with van der Waals surface area (Å²) in [7, 11) is 1.52. The van der Waals surface area contributed by atoms with E-state index in [4.69, 9.17) is 9.47 Å². The number of hydrogen-bond donors (Lipinski definition) is 2. The van der Waals surface area contributed by atoms with Crippen LogP contribution in [-0.4, -0.2) is 19.6 Å². The second kappa shape index (κ2) is 8.23. The van der Waals surface area contributed by atoms with Gasteiger partial charge in [-0.3, -0.25) is 4.79 Å². The van der Waals surface area contributed by atoms with Gasteiger partial charge in [0.2, 0.25) is 0 Å². The van der Waals surface area contributed by atoms with Crippen LogP contribution in [-0.2, 0) is 4.79 Å². The van der Waals surface area contributed by atoms with Crippen molar-refractivity contribution in [1.29, 1.82) is 5.26 Å². The molecule has 1 N–H and O–H groups in total. The number of carbonyl (C=O) groups excluding carboxylic acids is 1. The lowest BCUT2D eigenvalue weighted by atomic mass is 10.1. The number of nitrogens with one attached hydrogen (secondary N) is 1. The second-order valence-electron chi connectivity index (χ2n) is 5.88. The first-order valence-corrected chi connectivity index (χ1v) is 8.94. The molecule has 1 heterocycles. The van der Waals surface area contributed by atoms with Crippen LogP contribution >= 0.6 is 12.6 Å². The van der Waals surface area contributed by atoms with Gasteiger partial charge in [0.15, 0.2) is 11.5 Å². The van der Waals surface area contributed by atoms with Crippen LogP contribution in [0.4, 0.5) is 10.1 Å². The van der Waals surface area contributed by atoms with Crippen LogP contribution in [0.25, 0.3) is 0 Å². The SMILES string of the molecule is CCOc1ccc([C@H]2NC(=O)C(C#N)=C(S)N2c2ccc(F)cc2)cc1OC. The van der Waals surface area contributed by atoms with Crippen LogP contribution in [0.2, 0.25) is 0 Å². The first kappa shape index (κ1) is 19.6. The van der Waals surface area contributed by atoms with Gasteiger partial charge in [0.25, 0.3) is 5.91 Å². The van der Waals surface area contributed by atoms with Crippen molar-refractivity contribution in [3.8, 4) is 17.6 Å². The van der Waals surface area contributed by atoms with Gasteiger partial charge in [-0.25, -0.2) is 4.39 Å². The molecule has 0 spiro atoms. The molecule has 1 amide bonds. The molecule has 0 radical (unpaired) electrons. The summed E-state index contributed by atoms with van der Waals surface area (Å²) in [6.45, 7) is 2.35. The Hall–Kier alpha value is -3.18. The lowest BCUT2D eigenvalue weighted by molar-refractivity contribution is -0.118. The number of rotatable bonds is 5. The van der Waals surface area contributed by atoms with E-state index in [1.165, 1.54) is 19.2 Å². The zero-order valence-corrected chi connectivity index (χ0v) is 16.2. The molecule has 144 valence electrons. The van der Waals surface area contributed by atoms with Crippen molar-refractivity contribution in [1.82, 2.24) is 5.32 Å². The van der Waals surface area contributed by atoms with E-state index in [0.717, 1.165) is 0 Å². The van der Waals surface area contributed by atoms with Gasteiger partial charge in [-0.1, -0.05) is 6.07 Å². The molecule has 6 nitrogen and oxygen atoms in total. The molecule has 3 rings (SSSR count). The summed E-state index contributed by atoms with van der Waals surface area (Å²) in [5.74, 6) is 0.144. The first-order valence-electron chi connectivity index (χ1n) is 8.49. The smallest absolute Gasteiger partial charge is 0.266 e. The van der Waals surface area contributed by atoms with Crippen molar-refractivity contribution >= 4 is 24.2 Å². The minimum absolute atomic E-state index is 0.123. The Morgan fingerprint density at radius 2 is 1.96 bits per heavy atom. The average molecular weight is 399 g/mol. The summed E-state index contributed by atoms with van der Waals surface area (Å²) in [6.07, 6.45) is -0.674. The van der Waals surface area contributed by atoms with Crippen LogP contribution in [0.3, 0.4) is 0 Å². The van der Waals surface area contributed by atoms with Crippen LogP contribution in [0.15, 0.2) is 53.1 Å². The third-order valence-electron chi connectivity index (χ3n) is 4.22. The quantitative estimate of drug-likeness (QED) is 0.753. The number of amides is 1. The fourth-order valence-electron chi connectivity index (χ4n) is 2.94. The van der Waals surface area contributed by atoms with E-state index in [2.05, 4.69) is 17.9 Å². The summed E-state index contributed by atoms with van der Waals surface area (Å²) >= 11 is 4.41. The Kier molecular flexibility index (Phi) is 5.76. The molecule has 2 aromatic carbocycles. The molecule has 8 heteroatoms. The summed E-state index contributed by atoms with van der Waals surface area (Å²) in [4.78, 5) is 14.0. The van der Waals surface area contributed by atoms with Crippen molar-refractivity contribution in [2.75, 3.05) is 18.6 Å². The molecule has 0 saturated heterocycles. The molecule has 0 aliphatic carbocycles. The predicted octanol–water partition coefficient (Wildman–Crippen LogP) is 3.53. The lowest BCUT2D eigenvalue weighted by Crippen LogP contribution is -2.46. The molecule has 0 fully saturated rings. The van der Waals surface area contributed by atoms with E-state index in [9.17, 15) is 14.4 Å². The molecular weight excluding hydrogens is 381 g/mol. The third-order valence-corrected chi connectivity index (χ3v) is 4.66. The molecular formula is C20H18FN3O3S. The monoisotopic (exact) mass is 399 g/mol. The van der Waals surface area contributed by atoms with E-state index < -0.39 is 17.9 Å². The van der Waals surface area contributed by atoms with Gasteiger partial charge in [-0.2, -0.15) is 5.26 Å². The van der Waals surface area contributed by atoms with Gasteiger partial charge < -0.3 is 19.7 Å². The van der Waals surface area contributed by atoms with Crippen molar-refractivity contribution in [3.05, 3.63) is 64.4 Å². The Morgan fingerprint density at radius 1 is 1.25 bits per heavy atom. The molecule has 1 atom stereocenters. The predicted molar refractivity (Wildman–Crippen MR) is 106 cm³/mol. The van der Waals surface area contributed by atoms with Crippen LogP contribution in [0.5, 0.6) is 11.5 Å². The molecule has 1 aliphatic rings. The van der Waals surface area contributed by atoms with Gasteiger partial charge >= 0.3 is 0 Å². The number of hydrogen-bond acceptors (Lipinski definition) is 6. The van der Waals surface area contributed by atoms with Crippen LogP contribution < -0.4 is 19.7 Å². The molecule has 0 unspecified atom stereocenters. The van der Waals surface area contributed by atoms with Gasteiger partial charge in [-0.05, 0) is 48.9 Å². The van der Waals surface area contributed by atoms with E-state index in [0.29, 0.717) is 29.4 Å². The van der Waals surface area contributed by atoms with E-state index >= 15 is 0 Å². The number of anilines is 1. The largest absolute Gasteiger partial charge is 0.493 e. The van der Waals surface area contributed by atoms with Gasteiger partial charge in [0, 0.05) is 5.69 Å². The Morgan fingerprint density at radius 3 is 2.57 bits per heavy atom. The molecule has 0 aromatic heterocycles. The molecule has 2 aromatic rings. The van der Waals surface area contributed by atoms with Crippen molar-refractivity contribution in [2.24, 2.45) is 0 Å². The number of methoxy groups -OCH3 is 1. The van der Waals surface area contributed by atoms with Gasteiger partial charge in [0.05, 0.1) is 18.7 Å². The maximum Gasteiger partial charge on any atom is 0.266 e. The number of thiol groups is 1. The highest BCUT2D eigenvalue weighted by Gasteiger charge is 2.34. The first-order chi connectivity index (χ1) is 13.5. The minimum atomic E-state index is -0.674. The van der Waals surface area contributed by atoms with E-state index in [1.807, 2.05) is 13.0 Å². The fourth-order valence-corrected chi connectivity index (χ4v) is 3.32. The summed E-state index contributed by atoms with van der Waals surface area (Å²) in [5, 5.41) is 12.3. The Balaban J connectivity index is 2.12. The topological polar surface area (TPSA) is 74.6 Å². The maximum absolute atomic E-state index is 13.4. The zero-order chi connectivity index (χ0) is 20.3. The van der Waals surface area contributed by atoms with Gasteiger partial charge in [-0.15, -0.1) is 12.6 Å². The van der Waals surface area contributed by atoms with Crippen molar-refractivity contribution < 1.29 is 18.7 Å². The van der Waals surface area contributed by atoms with Crippen molar-refractivity contribution in [3.63, 3.8) is 0 Å². The number of carbonyl (C=O) groups is 1. The van der Waals surface area contributed by atoms with E-state index in [-0.39, 0.29) is 10.6 Å². The normalized spacial score (nSPS) is 16.5. The summed E-state index contributed by atoms with van der Waals surface area (Å²) in [5.41, 5.74) is 1.13. The zero-order valence-electron chi connectivity index (χ0n) is 15.3. The summed E-state index contributed by atoms with van der Waals surface area (Å²) in [6, 6.07) is 12.8. The fraction of sp³-hybridized carbons (Fsp3) is 0.200. The highest BCUT2D eigenvalue weighted by Crippen LogP contribution is 2.38. The second-order valence-corrected chi connectivity index (χ2v) is 6.30. The van der Waals surface area contributed by atoms with Crippen LogP contribution in [0.1, 0.15) is 18.7 Å². The lowest BCUT2D eigenvalue weighted by Gasteiger charge is -2.38. The number of nitriles is 1. The standard InChI is InChI=1S/C20H18FN3O3S/c1-3-27-16-9-4-12(10-17(16)26-2)18-23-19(25)15(11-22)20(28)24(18)14-7-5-13(21)6-8-14/h4-10,18,28H,3H2,1-2H3,(H,23,25)/t18-/m0/s1. The molecule has 0 bridgehead atoms. The van der Waals surface area contributed by atoms with Gasteiger partial charge in [0.1, 0.15) is 23.6 Å². The molecule has 0 saturated carbocycles. The highest BCUT2D eigenvalue weighted by molar-refractivity contribution is 7.84. The molecule has 1 aliphatic heterocycles. The number of ether oxygens (including phenoxy) is 2. The van der Waals surface area contributed by atoms with E-state index in [1.54, 1.807) is 35.2 Å². The van der Waals surface area contributed by atoms with Crippen molar-refractivity contribution in [2.45, 2.75) is 13.1 Å². The highest BCUT2D eigenvalue weighted by atomic mass is 32.1. The molecule has 28 heavy (non-hydrogen) atoms. The maximum atomic E-state index is 13.4. The average Bonchev–Trinajstić information content (AvgIpc) is 2.69. The summed E-state index contributed by atoms with van der Waals surface area (Å²) < 4.78 is 24.3. The number of benzene rings is 2. The third kappa shape index (κ3) is 3.62. The Bertz CT molecular complexity index is 970. The number of halogens is 1. The Labute approximate surface area is 167 Å². The number of nitrogens with zero attached hydrogens (tertiary/aromatic N) is 2.